The molecule has 1 aliphatic heterocycles. The number of amides is 2. The van der Waals surface area contributed by atoms with Gasteiger partial charge in [-0.05, 0) is 43.3 Å². The van der Waals surface area contributed by atoms with E-state index in [1.165, 1.54) is 10.9 Å². The summed E-state index contributed by atoms with van der Waals surface area (Å²) in [6.07, 6.45) is 1.22. The van der Waals surface area contributed by atoms with Crippen LogP contribution in [0, 0.1) is 6.92 Å². The fraction of sp³-hybridized carbons (Fsp3) is 0.0526. The number of rotatable bonds is 3. The van der Waals surface area contributed by atoms with Crippen molar-refractivity contribution in [3.05, 3.63) is 86.3 Å². The predicted molar refractivity (Wildman–Crippen MR) is 101 cm³/mol. The van der Waals surface area contributed by atoms with E-state index in [4.69, 9.17) is 11.6 Å². The predicted octanol–water partition coefficient (Wildman–Crippen LogP) is 2.76. The number of nitrogens with one attached hydrogen (secondary N) is 1. The van der Waals surface area contributed by atoms with Crippen molar-refractivity contribution in [3.63, 3.8) is 0 Å². The number of H-pyrrole nitrogens is 1. The summed E-state index contributed by atoms with van der Waals surface area (Å²) in [5.74, 6) is -1.03. The lowest BCUT2D eigenvalue weighted by Crippen LogP contribution is -2.25. The van der Waals surface area contributed by atoms with Crippen LogP contribution in [-0.2, 0) is 0 Å². The second kappa shape index (κ2) is 6.37. The van der Waals surface area contributed by atoms with Gasteiger partial charge in [0.2, 0.25) is 0 Å². The highest BCUT2D eigenvalue weighted by Gasteiger charge is 2.35. The molecular formula is C19H13ClN4O3. The molecule has 0 atom stereocenters. The number of fused-ring (bicyclic) bond motifs is 1. The van der Waals surface area contributed by atoms with Crippen LogP contribution in [0.5, 0.6) is 0 Å². The Bertz CT molecular complexity index is 1120. The van der Waals surface area contributed by atoms with Gasteiger partial charge >= 0.3 is 0 Å². The Hall–Kier alpha value is -3.45. The van der Waals surface area contributed by atoms with E-state index in [-0.39, 0.29) is 11.1 Å². The molecule has 8 heteroatoms. The summed E-state index contributed by atoms with van der Waals surface area (Å²) in [5.41, 5.74) is 1.65. The average molecular weight is 381 g/mol. The zero-order chi connectivity index (χ0) is 19.1. The number of hydrogen-bond donors (Lipinski definition) is 1. The molecule has 1 N–H and O–H groups in total. The van der Waals surface area contributed by atoms with Crippen molar-refractivity contribution in [3.8, 4) is 5.69 Å². The van der Waals surface area contributed by atoms with Crippen LogP contribution in [0.3, 0.4) is 0 Å². The largest absolute Gasteiger partial charge is 0.295 e. The van der Waals surface area contributed by atoms with Crippen LogP contribution >= 0.6 is 11.6 Å². The molecule has 0 radical (unpaired) electrons. The zero-order valence-corrected chi connectivity index (χ0v) is 14.9. The van der Waals surface area contributed by atoms with E-state index in [1.54, 1.807) is 55.5 Å². The lowest BCUT2D eigenvalue weighted by molar-refractivity contribution is 0.0660. The fourth-order valence-corrected chi connectivity index (χ4v) is 3.01. The van der Waals surface area contributed by atoms with E-state index in [9.17, 15) is 14.4 Å². The Morgan fingerprint density at radius 3 is 2.15 bits per heavy atom. The molecule has 0 fully saturated rings. The molecule has 0 unspecified atom stereocenters. The normalized spacial score (nSPS) is 13.6. The first-order valence-electron chi connectivity index (χ1n) is 8.06. The molecule has 0 saturated carbocycles. The number of benzene rings is 2. The van der Waals surface area contributed by atoms with Crippen molar-refractivity contribution in [1.29, 1.82) is 0 Å². The minimum Gasteiger partial charge on any atom is -0.295 e. The number of aromatic amines is 1. The Balaban J connectivity index is 1.68. The molecule has 0 spiro atoms. The van der Waals surface area contributed by atoms with Gasteiger partial charge in [0.25, 0.3) is 17.4 Å². The van der Waals surface area contributed by atoms with Gasteiger partial charge in [-0.15, -0.1) is 0 Å². The second-order valence-corrected chi connectivity index (χ2v) is 6.42. The maximum atomic E-state index is 12.7. The second-order valence-electron chi connectivity index (χ2n) is 5.98. The van der Waals surface area contributed by atoms with Crippen LogP contribution in [0.15, 0.2) is 58.4 Å². The molecule has 0 bridgehead atoms. The number of imide groups is 1. The van der Waals surface area contributed by atoms with Gasteiger partial charge in [-0.1, -0.05) is 23.7 Å². The molecular weight excluding hydrogens is 368 g/mol. The highest BCUT2D eigenvalue weighted by atomic mass is 35.5. The molecule has 134 valence electrons. The van der Waals surface area contributed by atoms with Gasteiger partial charge in [0, 0.05) is 10.7 Å². The number of aromatic nitrogens is 2. The van der Waals surface area contributed by atoms with Crippen LogP contribution in [-0.4, -0.2) is 32.8 Å². The molecule has 4 rings (SSSR count). The van der Waals surface area contributed by atoms with Crippen LogP contribution in [0.4, 0.5) is 0 Å². The number of hydrazone groups is 1. The van der Waals surface area contributed by atoms with Gasteiger partial charge in [-0.3, -0.25) is 19.5 Å². The quantitative estimate of drug-likeness (QED) is 0.559. The smallest absolute Gasteiger partial charge is 0.282 e. The Labute approximate surface area is 158 Å². The minimum absolute atomic E-state index is 0.251. The minimum atomic E-state index is -0.516. The Morgan fingerprint density at radius 2 is 1.56 bits per heavy atom. The van der Waals surface area contributed by atoms with Gasteiger partial charge in [0.1, 0.15) is 0 Å². The standard InChI is InChI=1S/C19H13ClN4O3/c1-11-16(19(27)23(22-11)13-8-6-12(20)7-9-13)10-21-24-17(25)14-4-2-3-5-15(14)18(24)26/h2-10,22H,1H3/b21-10+. The molecule has 7 nitrogen and oxygen atoms in total. The molecule has 2 heterocycles. The summed E-state index contributed by atoms with van der Waals surface area (Å²) in [6.45, 7) is 1.71. The number of carbonyl (C=O) groups is 2. The lowest BCUT2D eigenvalue weighted by Gasteiger charge is -2.04. The molecule has 2 amide bonds. The number of aryl methyl sites for hydroxylation is 1. The first-order chi connectivity index (χ1) is 13.0. The Morgan fingerprint density at radius 1 is 0.963 bits per heavy atom. The zero-order valence-electron chi connectivity index (χ0n) is 14.1. The van der Waals surface area contributed by atoms with Crippen LogP contribution in [0.25, 0.3) is 5.69 Å². The van der Waals surface area contributed by atoms with E-state index in [2.05, 4.69) is 10.2 Å². The third kappa shape index (κ3) is 2.78. The Kier molecular flexibility index (Phi) is 4.01. The summed E-state index contributed by atoms with van der Waals surface area (Å²) < 4.78 is 1.34. The van der Waals surface area contributed by atoms with E-state index < -0.39 is 11.8 Å². The topological polar surface area (TPSA) is 87.5 Å². The molecule has 3 aromatic rings. The molecule has 0 aliphatic carbocycles. The first-order valence-corrected chi connectivity index (χ1v) is 8.44. The van der Waals surface area contributed by atoms with E-state index in [0.29, 0.717) is 27.5 Å². The third-order valence-electron chi connectivity index (χ3n) is 4.28. The fourth-order valence-electron chi connectivity index (χ4n) is 2.88. The van der Waals surface area contributed by atoms with Gasteiger partial charge in [0.15, 0.2) is 0 Å². The van der Waals surface area contributed by atoms with Crippen LogP contribution in [0.2, 0.25) is 5.02 Å². The summed E-state index contributed by atoms with van der Waals surface area (Å²) in [7, 11) is 0. The SMILES string of the molecule is Cc1[nH]n(-c2ccc(Cl)cc2)c(=O)c1/C=N/N1C(=O)c2ccccc2C1=O. The van der Waals surface area contributed by atoms with Crippen LogP contribution < -0.4 is 5.56 Å². The first kappa shape index (κ1) is 17.0. The summed E-state index contributed by atoms with van der Waals surface area (Å²) in [6, 6.07) is 13.2. The van der Waals surface area contributed by atoms with Crippen molar-refractivity contribution >= 4 is 29.6 Å². The van der Waals surface area contributed by atoms with Crippen molar-refractivity contribution < 1.29 is 9.59 Å². The van der Waals surface area contributed by atoms with Gasteiger partial charge in [-0.25, -0.2) is 4.68 Å². The van der Waals surface area contributed by atoms with Crippen molar-refractivity contribution in [2.24, 2.45) is 5.10 Å². The molecule has 2 aromatic carbocycles. The van der Waals surface area contributed by atoms with E-state index >= 15 is 0 Å². The third-order valence-corrected chi connectivity index (χ3v) is 4.53. The molecule has 1 aromatic heterocycles. The summed E-state index contributed by atoms with van der Waals surface area (Å²) in [5, 5.41) is 8.24. The lowest BCUT2D eigenvalue weighted by atomic mass is 10.1. The molecule has 1 aliphatic rings. The van der Waals surface area contributed by atoms with Gasteiger partial charge in [-0.2, -0.15) is 10.1 Å². The van der Waals surface area contributed by atoms with Crippen molar-refractivity contribution in [1.82, 2.24) is 14.8 Å². The average Bonchev–Trinajstić information content (AvgIpc) is 3.09. The van der Waals surface area contributed by atoms with Crippen molar-refractivity contribution in [2.45, 2.75) is 6.92 Å². The summed E-state index contributed by atoms with van der Waals surface area (Å²) >= 11 is 5.88. The maximum Gasteiger partial charge on any atom is 0.282 e. The van der Waals surface area contributed by atoms with Crippen LogP contribution in [0.1, 0.15) is 32.0 Å². The number of hydrogen-bond acceptors (Lipinski definition) is 4. The van der Waals surface area contributed by atoms with E-state index in [0.717, 1.165) is 5.01 Å². The highest BCUT2D eigenvalue weighted by Crippen LogP contribution is 2.22. The highest BCUT2D eigenvalue weighted by molar-refractivity contribution is 6.30. The maximum absolute atomic E-state index is 12.7. The van der Waals surface area contributed by atoms with Crippen molar-refractivity contribution in [2.75, 3.05) is 0 Å². The summed E-state index contributed by atoms with van der Waals surface area (Å²) in [4.78, 5) is 37.4. The molecule has 0 saturated heterocycles. The monoisotopic (exact) mass is 380 g/mol. The van der Waals surface area contributed by atoms with Gasteiger partial charge in [0.05, 0.1) is 28.6 Å². The van der Waals surface area contributed by atoms with Gasteiger partial charge < -0.3 is 0 Å². The number of halogens is 1. The number of nitrogens with zero attached hydrogens (tertiary/aromatic N) is 3. The van der Waals surface area contributed by atoms with E-state index in [1.807, 2.05) is 0 Å². The number of carbonyl (C=O) groups excluding carboxylic acids is 2. The molecule has 27 heavy (non-hydrogen) atoms.